The molecule has 2 fully saturated rings. The fourth-order valence-corrected chi connectivity index (χ4v) is 2.96. The van der Waals surface area contributed by atoms with Crippen LogP contribution in [0.5, 0.6) is 5.75 Å². The van der Waals surface area contributed by atoms with E-state index in [4.69, 9.17) is 4.74 Å². The molecule has 2 saturated heterocycles. The predicted molar refractivity (Wildman–Crippen MR) is 93.1 cm³/mol. The van der Waals surface area contributed by atoms with Crippen molar-refractivity contribution in [1.29, 1.82) is 0 Å². The summed E-state index contributed by atoms with van der Waals surface area (Å²) in [5.74, 6) is 1.48. The summed E-state index contributed by atoms with van der Waals surface area (Å²) in [6, 6.07) is 8.31. The minimum atomic E-state index is 0. The van der Waals surface area contributed by atoms with Crippen LogP contribution in [-0.2, 0) is 11.3 Å². The van der Waals surface area contributed by atoms with E-state index in [0.717, 1.165) is 51.6 Å². The highest BCUT2D eigenvalue weighted by Crippen LogP contribution is 2.16. The number of ether oxygens (including phenoxy) is 1. The molecule has 0 aromatic heterocycles. The van der Waals surface area contributed by atoms with Gasteiger partial charge in [0.15, 0.2) is 0 Å². The number of halogens is 1. The summed E-state index contributed by atoms with van der Waals surface area (Å²) >= 11 is 0. The Balaban J connectivity index is 0.00000192. The molecule has 2 heterocycles. The molecule has 0 unspecified atom stereocenters. The van der Waals surface area contributed by atoms with E-state index in [0.29, 0.717) is 12.5 Å². The first kappa shape index (κ1) is 18.0. The molecular weight excluding hydrogens is 314 g/mol. The SMILES string of the molecule is CCOc1ccc(CN2CCN(C(=O)C3CNC3)CC2)cc1.Cl. The first-order valence-electron chi connectivity index (χ1n) is 8.20. The van der Waals surface area contributed by atoms with Crippen LogP contribution in [0, 0.1) is 5.92 Å². The Morgan fingerprint density at radius 1 is 1.17 bits per heavy atom. The summed E-state index contributed by atoms with van der Waals surface area (Å²) in [6.45, 7) is 8.97. The number of piperazine rings is 1. The maximum atomic E-state index is 12.2. The number of rotatable bonds is 5. The van der Waals surface area contributed by atoms with Crippen LogP contribution < -0.4 is 10.1 Å². The summed E-state index contributed by atoms with van der Waals surface area (Å²) in [5, 5.41) is 3.17. The first-order chi connectivity index (χ1) is 10.8. The molecule has 0 aliphatic carbocycles. The van der Waals surface area contributed by atoms with Crippen LogP contribution >= 0.6 is 12.4 Å². The van der Waals surface area contributed by atoms with E-state index >= 15 is 0 Å². The summed E-state index contributed by atoms with van der Waals surface area (Å²) in [6.07, 6.45) is 0. The smallest absolute Gasteiger partial charge is 0.228 e. The van der Waals surface area contributed by atoms with Gasteiger partial charge in [0.1, 0.15) is 5.75 Å². The fourth-order valence-electron chi connectivity index (χ4n) is 2.96. The topological polar surface area (TPSA) is 44.8 Å². The fraction of sp³-hybridized carbons (Fsp3) is 0.588. The number of amides is 1. The lowest BCUT2D eigenvalue weighted by atomic mass is 10.0. The standard InChI is InChI=1S/C17H25N3O2.ClH/c1-2-22-16-5-3-14(4-6-16)13-19-7-9-20(10-8-19)17(21)15-11-18-12-15;/h3-6,15,18H,2,7-13H2,1H3;1H. The molecule has 1 aromatic rings. The largest absolute Gasteiger partial charge is 0.494 e. The van der Waals surface area contributed by atoms with Crippen molar-refractivity contribution in [2.75, 3.05) is 45.9 Å². The Labute approximate surface area is 144 Å². The number of nitrogens with zero attached hydrogens (tertiary/aromatic N) is 2. The first-order valence-corrected chi connectivity index (χ1v) is 8.20. The predicted octanol–water partition coefficient (Wildman–Crippen LogP) is 1.37. The zero-order valence-corrected chi connectivity index (χ0v) is 14.5. The molecule has 2 aliphatic rings. The molecule has 3 rings (SSSR count). The Hall–Kier alpha value is -1.30. The number of carbonyl (C=O) groups excluding carboxylic acids is 1. The molecule has 1 aromatic carbocycles. The number of nitrogens with one attached hydrogen (secondary N) is 1. The van der Waals surface area contributed by atoms with Gasteiger partial charge in [-0.05, 0) is 24.6 Å². The van der Waals surface area contributed by atoms with Crippen molar-refractivity contribution < 1.29 is 9.53 Å². The number of carbonyl (C=O) groups is 1. The molecule has 128 valence electrons. The van der Waals surface area contributed by atoms with Gasteiger partial charge in [0.05, 0.1) is 12.5 Å². The van der Waals surface area contributed by atoms with Gasteiger partial charge in [-0.3, -0.25) is 9.69 Å². The Bertz CT molecular complexity index is 497. The van der Waals surface area contributed by atoms with Gasteiger partial charge in [-0.25, -0.2) is 0 Å². The van der Waals surface area contributed by atoms with Gasteiger partial charge in [-0.2, -0.15) is 0 Å². The second kappa shape index (κ2) is 8.52. The maximum Gasteiger partial charge on any atom is 0.228 e. The summed E-state index contributed by atoms with van der Waals surface area (Å²) in [4.78, 5) is 16.6. The highest BCUT2D eigenvalue weighted by molar-refractivity contribution is 5.85. The molecule has 1 N–H and O–H groups in total. The number of hydrogen-bond acceptors (Lipinski definition) is 4. The zero-order chi connectivity index (χ0) is 15.4. The average Bonchev–Trinajstić information content (AvgIpc) is 2.48. The van der Waals surface area contributed by atoms with Crippen LogP contribution in [0.4, 0.5) is 0 Å². The molecule has 2 aliphatic heterocycles. The van der Waals surface area contributed by atoms with Crippen molar-refractivity contribution in [3.05, 3.63) is 29.8 Å². The molecule has 0 saturated carbocycles. The van der Waals surface area contributed by atoms with Gasteiger partial charge in [-0.15, -0.1) is 12.4 Å². The normalized spacial score (nSPS) is 18.9. The second-order valence-corrected chi connectivity index (χ2v) is 6.03. The maximum absolute atomic E-state index is 12.2. The van der Waals surface area contributed by atoms with Gasteiger partial charge in [-0.1, -0.05) is 12.1 Å². The van der Waals surface area contributed by atoms with E-state index in [9.17, 15) is 4.79 Å². The lowest BCUT2D eigenvalue weighted by molar-refractivity contribution is -0.138. The number of benzene rings is 1. The molecule has 23 heavy (non-hydrogen) atoms. The Kier molecular flexibility index (Phi) is 6.69. The molecule has 6 heteroatoms. The van der Waals surface area contributed by atoms with Crippen molar-refractivity contribution in [2.45, 2.75) is 13.5 Å². The van der Waals surface area contributed by atoms with Gasteiger partial charge < -0.3 is 15.0 Å². The van der Waals surface area contributed by atoms with Crippen LogP contribution in [0.2, 0.25) is 0 Å². The summed E-state index contributed by atoms with van der Waals surface area (Å²) in [5.41, 5.74) is 1.30. The third-order valence-corrected chi connectivity index (χ3v) is 4.46. The van der Waals surface area contributed by atoms with Gasteiger partial charge in [0, 0.05) is 45.8 Å². The third-order valence-electron chi connectivity index (χ3n) is 4.46. The van der Waals surface area contributed by atoms with Gasteiger partial charge in [0.2, 0.25) is 5.91 Å². The lowest BCUT2D eigenvalue weighted by Gasteiger charge is -2.38. The Morgan fingerprint density at radius 2 is 1.83 bits per heavy atom. The van der Waals surface area contributed by atoms with Crippen LogP contribution in [0.1, 0.15) is 12.5 Å². The lowest BCUT2D eigenvalue weighted by Crippen LogP contribution is -2.56. The minimum absolute atomic E-state index is 0. The van der Waals surface area contributed by atoms with Gasteiger partial charge >= 0.3 is 0 Å². The van der Waals surface area contributed by atoms with Crippen molar-refractivity contribution >= 4 is 18.3 Å². The molecule has 1 amide bonds. The molecule has 0 atom stereocenters. The van der Waals surface area contributed by atoms with Crippen LogP contribution in [-0.4, -0.2) is 61.6 Å². The van der Waals surface area contributed by atoms with Crippen LogP contribution in [0.15, 0.2) is 24.3 Å². The highest BCUT2D eigenvalue weighted by atomic mass is 35.5. The quantitative estimate of drug-likeness (QED) is 0.880. The van der Waals surface area contributed by atoms with E-state index < -0.39 is 0 Å². The van der Waals surface area contributed by atoms with Crippen molar-refractivity contribution in [3.63, 3.8) is 0 Å². The molecule has 0 spiro atoms. The molecule has 0 radical (unpaired) electrons. The average molecular weight is 340 g/mol. The summed E-state index contributed by atoms with van der Waals surface area (Å²) in [7, 11) is 0. The second-order valence-electron chi connectivity index (χ2n) is 6.03. The number of hydrogen-bond donors (Lipinski definition) is 1. The molecule has 5 nitrogen and oxygen atoms in total. The van der Waals surface area contributed by atoms with E-state index in [-0.39, 0.29) is 18.3 Å². The van der Waals surface area contributed by atoms with E-state index in [1.165, 1.54) is 5.56 Å². The summed E-state index contributed by atoms with van der Waals surface area (Å²) < 4.78 is 5.47. The monoisotopic (exact) mass is 339 g/mol. The van der Waals surface area contributed by atoms with Crippen LogP contribution in [0.25, 0.3) is 0 Å². The Morgan fingerprint density at radius 3 is 2.35 bits per heavy atom. The minimum Gasteiger partial charge on any atom is -0.494 e. The van der Waals surface area contributed by atoms with Crippen molar-refractivity contribution in [3.8, 4) is 5.75 Å². The molecular formula is C17H26ClN3O2. The zero-order valence-electron chi connectivity index (χ0n) is 13.7. The third kappa shape index (κ3) is 4.59. The van der Waals surface area contributed by atoms with E-state index in [2.05, 4.69) is 22.3 Å². The van der Waals surface area contributed by atoms with E-state index in [1.54, 1.807) is 0 Å². The van der Waals surface area contributed by atoms with E-state index in [1.807, 2.05) is 24.0 Å². The van der Waals surface area contributed by atoms with Crippen molar-refractivity contribution in [1.82, 2.24) is 15.1 Å². The van der Waals surface area contributed by atoms with Gasteiger partial charge in [0.25, 0.3) is 0 Å². The molecule has 0 bridgehead atoms. The van der Waals surface area contributed by atoms with Crippen molar-refractivity contribution in [2.24, 2.45) is 5.92 Å². The highest BCUT2D eigenvalue weighted by Gasteiger charge is 2.30. The van der Waals surface area contributed by atoms with Crippen LogP contribution in [0.3, 0.4) is 0 Å².